The monoisotopic (exact) mass is 416 g/mol. The van der Waals surface area contributed by atoms with Crippen molar-refractivity contribution in [3.63, 3.8) is 0 Å². The molecule has 2 aromatic carbocycles. The standard InChI is InChI=1S/C19H18BrFN4O/c20-15-5-3-4-14(12-15)19-23-22-18(26-19)13-24-8-10-25(11-9-24)17-7-2-1-6-16(17)21/h1-7,12H,8-11,13H2. The number of piperazine rings is 1. The van der Waals surface area contributed by atoms with E-state index in [1.165, 1.54) is 6.07 Å². The molecule has 0 radical (unpaired) electrons. The van der Waals surface area contributed by atoms with E-state index in [1.807, 2.05) is 36.4 Å². The van der Waals surface area contributed by atoms with E-state index in [-0.39, 0.29) is 5.82 Å². The molecule has 1 fully saturated rings. The minimum absolute atomic E-state index is 0.170. The Morgan fingerprint density at radius 2 is 1.81 bits per heavy atom. The van der Waals surface area contributed by atoms with Crippen LogP contribution in [-0.4, -0.2) is 41.3 Å². The van der Waals surface area contributed by atoms with Gasteiger partial charge in [0, 0.05) is 36.2 Å². The van der Waals surface area contributed by atoms with E-state index in [9.17, 15) is 4.39 Å². The van der Waals surface area contributed by atoms with Crippen molar-refractivity contribution in [2.45, 2.75) is 6.54 Å². The van der Waals surface area contributed by atoms with Crippen LogP contribution >= 0.6 is 15.9 Å². The molecule has 1 saturated heterocycles. The molecule has 7 heteroatoms. The number of aromatic nitrogens is 2. The van der Waals surface area contributed by atoms with Crippen LogP contribution in [0.25, 0.3) is 11.5 Å². The van der Waals surface area contributed by atoms with Crippen molar-refractivity contribution >= 4 is 21.6 Å². The average Bonchev–Trinajstić information content (AvgIpc) is 3.12. The van der Waals surface area contributed by atoms with Gasteiger partial charge in [-0.25, -0.2) is 4.39 Å². The third-order valence-corrected chi connectivity index (χ3v) is 4.96. The quantitative estimate of drug-likeness (QED) is 0.643. The Labute approximate surface area is 159 Å². The van der Waals surface area contributed by atoms with Gasteiger partial charge >= 0.3 is 0 Å². The zero-order chi connectivity index (χ0) is 17.9. The first-order valence-electron chi connectivity index (χ1n) is 8.49. The molecule has 0 spiro atoms. The van der Waals surface area contributed by atoms with Gasteiger partial charge in [-0.1, -0.05) is 34.1 Å². The summed E-state index contributed by atoms with van der Waals surface area (Å²) in [6.07, 6.45) is 0. The topological polar surface area (TPSA) is 45.4 Å². The Balaban J connectivity index is 1.37. The SMILES string of the molecule is Fc1ccccc1N1CCN(Cc2nnc(-c3cccc(Br)c3)o2)CC1. The molecule has 0 saturated carbocycles. The van der Waals surface area contributed by atoms with Crippen LogP contribution in [-0.2, 0) is 6.54 Å². The Kier molecular flexibility index (Phi) is 4.99. The smallest absolute Gasteiger partial charge is 0.247 e. The Hall–Kier alpha value is -2.25. The molecule has 1 aromatic heterocycles. The van der Waals surface area contributed by atoms with Gasteiger partial charge in [-0.2, -0.15) is 0 Å². The summed E-state index contributed by atoms with van der Waals surface area (Å²) in [5.74, 6) is 0.946. The van der Waals surface area contributed by atoms with Crippen molar-refractivity contribution in [3.8, 4) is 11.5 Å². The minimum Gasteiger partial charge on any atom is -0.419 e. The summed E-state index contributed by atoms with van der Waals surface area (Å²) < 4.78 is 20.7. The summed E-state index contributed by atoms with van der Waals surface area (Å²) in [5.41, 5.74) is 1.56. The van der Waals surface area contributed by atoms with Crippen LogP contribution in [0.5, 0.6) is 0 Å². The lowest BCUT2D eigenvalue weighted by Crippen LogP contribution is -2.46. The van der Waals surface area contributed by atoms with Crippen LogP contribution in [0.1, 0.15) is 5.89 Å². The number of rotatable bonds is 4. The molecule has 0 atom stereocenters. The minimum atomic E-state index is -0.170. The first-order valence-corrected chi connectivity index (χ1v) is 9.28. The van der Waals surface area contributed by atoms with Gasteiger partial charge in [-0.05, 0) is 30.3 Å². The summed E-state index contributed by atoms with van der Waals surface area (Å²) >= 11 is 3.45. The largest absolute Gasteiger partial charge is 0.419 e. The molecule has 0 aliphatic carbocycles. The number of hydrogen-bond acceptors (Lipinski definition) is 5. The predicted molar refractivity (Wildman–Crippen MR) is 101 cm³/mol. The second-order valence-corrected chi connectivity index (χ2v) is 7.14. The highest BCUT2D eigenvalue weighted by Crippen LogP contribution is 2.23. The van der Waals surface area contributed by atoms with E-state index in [2.05, 4.69) is 35.9 Å². The highest BCUT2D eigenvalue weighted by atomic mass is 79.9. The van der Waals surface area contributed by atoms with Crippen LogP contribution in [0, 0.1) is 5.82 Å². The van der Waals surface area contributed by atoms with Gasteiger partial charge < -0.3 is 9.32 Å². The van der Waals surface area contributed by atoms with Crippen molar-refractivity contribution in [2.24, 2.45) is 0 Å². The first kappa shape index (κ1) is 17.2. The van der Waals surface area contributed by atoms with Crippen molar-refractivity contribution < 1.29 is 8.81 Å². The molecular weight excluding hydrogens is 399 g/mol. The third-order valence-electron chi connectivity index (χ3n) is 4.46. The number of para-hydroxylation sites is 1. The molecule has 2 heterocycles. The number of nitrogens with zero attached hydrogens (tertiary/aromatic N) is 4. The molecule has 0 bridgehead atoms. The highest BCUT2D eigenvalue weighted by molar-refractivity contribution is 9.10. The van der Waals surface area contributed by atoms with Crippen molar-refractivity contribution in [1.29, 1.82) is 0 Å². The predicted octanol–water partition coefficient (Wildman–Crippen LogP) is 3.96. The molecular formula is C19H18BrFN4O. The van der Waals surface area contributed by atoms with Gasteiger partial charge in [0.15, 0.2) is 0 Å². The summed E-state index contributed by atoms with van der Waals surface area (Å²) in [7, 11) is 0. The zero-order valence-corrected chi connectivity index (χ0v) is 15.7. The second-order valence-electron chi connectivity index (χ2n) is 6.23. The van der Waals surface area contributed by atoms with Gasteiger partial charge in [0.1, 0.15) is 5.82 Å². The lowest BCUT2D eigenvalue weighted by Gasteiger charge is -2.35. The van der Waals surface area contributed by atoms with E-state index >= 15 is 0 Å². The van der Waals surface area contributed by atoms with Crippen LogP contribution in [0.4, 0.5) is 10.1 Å². The fraction of sp³-hybridized carbons (Fsp3) is 0.263. The molecule has 3 aromatic rings. The molecule has 134 valence electrons. The van der Waals surface area contributed by atoms with Gasteiger partial charge in [0.05, 0.1) is 12.2 Å². The summed E-state index contributed by atoms with van der Waals surface area (Å²) in [4.78, 5) is 4.32. The second kappa shape index (κ2) is 7.55. The van der Waals surface area contributed by atoms with Crippen molar-refractivity contribution in [2.75, 3.05) is 31.1 Å². The van der Waals surface area contributed by atoms with Crippen LogP contribution in [0.15, 0.2) is 57.4 Å². The van der Waals surface area contributed by atoms with E-state index in [1.54, 1.807) is 6.07 Å². The van der Waals surface area contributed by atoms with E-state index < -0.39 is 0 Å². The summed E-state index contributed by atoms with van der Waals surface area (Å²) in [5, 5.41) is 8.30. The van der Waals surface area contributed by atoms with Gasteiger partial charge in [0.2, 0.25) is 11.8 Å². The maximum Gasteiger partial charge on any atom is 0.247 e. The highest BCUT2D eigenvalue weighted by Gasteiger charge is 2.21. The fourth-order valence-corrected chi connectivity index (χ4v) is 3.50. The van der Waals surface area contributed by atoms with Crippen molar-refractivity contribution in [3.05, 3.63) is 64.7 Å². The zero-order valence-electron chi connectivity index (χ0n) is 14.1. The number of halogens is 2. The normalized spacial score (nSPS) is 15.4. The Morgan fingerprint density at radius 1 is 1.00 bits per heavy atom. The third kappa shape index (κ3) is 3.78. The van der Waals surface area contributed by atoms with E-state index in [4.69, 9.17) is 4.42 Å². The van der Waals surface area contributed by atoms with Gasteiger partial charge in [-0.3, -0.25) is 4.90 Å². The molecule has 0 unspecified atom stereocenters. The summed E-state index contributed by atoms with van der Waals surface area (Å²) in [6.45, 7) is 3.79. The Morgan fingerprint density at radius 3 is 2.58 bits per heavy atom. The average molecular weight is 417 g/mol. The fourth-order valence-electron chi connectivity index (χ4n) is 3.10. The lowest BCUT2D eigenvalue weighted by atomic mass is 10.2. The van der Waals surface area contributed by atoms with Gasteiger partial charge in [-0.15, -0.1) is 10.2 Å². The van der Waals surface area contributed by atoms with Gasteiger partial charge in [0.25, 0.3) is 0 Å². The maximum absolute atomic E-state index is 13.9. The molecule has 1 aliphatic rings. The van der Waals surface area contributed by atoms with Crippen LogP contribution in [0.2, 0.25) is 0 Å². The maximum atomic E-state index is 13.9. The summed E-state index contributed by atoms with van der Waals surface area (Å²) in [6, 6.07) is 14.7. The number of benzene rings is 2. The van der Waals surface area contributed by atoms with E-state index in [0.717, 1.165) is 36.2 Å². The first-order chi connectivity index (χ1) is 12.7. The molecule has 5 nitrogen and oxygen atoms in total. The lowest BCUT2D eigenvalue weighted by molar-refractivity contribution is 0.226. The molecule has 1 aliphatic heterocycles. The number of anilines is 1. The van der Waals surface area contributed by atoms with Crippen LogP contribution in [0.3, 0.4) is 0 Å². The van der Waals surface area contributed by atoms with Crippen LogP contribution < -0.4 is 4.90 Å². The molecule has 0 N–H and O–H groups in total. The number of hydrogen-bond donors (Lipinski definition) is 0. The molecule has 26 heavy (non-hydrogen) atoms. The van der Waals surface area contributed by atoms with Crippen molar-refractivity contribution in [1.82, 2.24) is 15.1 Å². The molecule has 4 rings (SSSR count). The molecule has 0 amide bonds. The Bertz CT molecular complexity index is 893. The van der Waals surface area contributed by atoms with E-state index in [0.29, 0.717) is 24.0 Å².